The summed E-state index contributed by atoms with van der Waals surface area (Å²) in [6.45, 7) is 4.76. The van der Waals surface area contributed by atoms with Gasteiger partial charge in [0.25, 0.3) is 5.91 Å². The van der Waals surface area contributed by atoms with Crippen LogP contribution in [-0.2, 0) is 6.54 Å². The summed E-state index contributed by atoms with van der Waals surface area (Å²) in [6.07, 6.45) is -0.245. The Labute approximate surface area is 169 Å². The second-order valence-electron chi connectivity index (χ2n) is 7.20. The van der Waals surface area contributed by atoms with Crippen molar-refractivity contribution in [2.75, 3.05) is 19.0 Å². The fourth-order valence-corrected chi connectivity index (χ4v) is 3.07. The average molecular weight is 399 g/mol. The van der Waals surface area contributed by atoms with Gasteiger partial charge in [-0.05, 0) is 42.3 Å². The molecular formula is C21H25N3O5. The molecule has 1 aliphatic rings. The third-order valence-corrected chi connectivity index (χ3v) is 4.84. The number of urea groups is 1. The predicted molar refractivity (Wildman–Crippen MR) is 107 cm³/mol. The molecule has 0 saturated carbocycles. The van der Waals surface area contributed by atoms with Gasteiger partial charge in [-0.3, -0.25) is 10.0 Å². The Morgan fingerprint density at radius 2 is 1.93 bits per heavy atom. The van der Waals surface area contributed by atoms with Gasteiger partial charge in [0.2, 0.25) is 0 Å². The molecule has 0 aromatic heterocycles. The fourth-order valence-electron chi connectivity index (χ4n) is 3.07. The zero-order valence-electron chi connectivity index (χ0n) is 16.6. The predicted octanol–water partition coefficient (Wildman–Crippen LogP) is 3.27. The van der Waals surface area contributed by atoms with Crippen LogP contribution in [-0.4, -0.2) is 41.8 Å². The molecule has 1 heterocycles. The van der Waals surface area contributed by atoms with Crippen LogP contribution >= 0.6 is 0 Å². The molecule has 2 aromatic carbocycles. The number of hydrogen-bond donors (Lipinski definition) is 3. The topological polar surface area (TPSA) is 100 Å². The quantitative estimate of drug-likeness (QED) is 0.541. The first-order valence-corrected chi connectivity index (χ1v) is 9.35. The van der Waals surface area contributed by atoms with Crippen LogP contribution in [0.5, 0.6) is 11.5 Å². The smallest absolute Gasteiger partial charge is 0.322 e. The van der Waals surface area contributed by atoms with Crippen molar-refractivity contribution in [2.24, 2.45) is 5.92 Å². The Kier molecular flexibility index (Phi) is 6.23. The van der Waals surface area contributed by atoms with Crippen molar-refractivity contribution in [1.82, 2.24) is 10.4 Å². The first-order chi connectivity index (χ1) is 13.9. The van der Waals surface area contributed by atoms with Crippen molar-refractivity contribution in [2.45, 2.75) is 26.5 Å². The number of methoxy groups -OCH3 is 1. The minimum absolute atomic E-state index is 0.146. The molecule has 2 aromatic rings. The summed E-state index contributed by atoms with van der Waals surface area (Å²) in [4.78, 5) is 26.3. The van der Waals surface area contributed by atoms with Gasteiger partial charge in [0.05, 0.1) is 20.2 Å². The third kappa shape index (κ3) is 4.78. The van der Waals surface area contributed by atoms with Crippen LogP contribution in [0, 0.1) is 5.92 Å². The summed E-state index contributed by atoms with van der Waals surface area (Å²) in [5.41, 5.74) is 3.35. The lowest BCUT2D eigenvalue weighted by molar-refractivity contribution is 0.0705. The van der Waals surface area contributed by atoms with Crippen molar-refractivity contribution in [3.8, 4) is 11.5 Å². The van der Waals surface area contributed by atoms with E-state index >= 15 is 0 Å². The van der Waals surface area contributed by atoms with Gasteiger partial charge in [-0.1, -0.05) is 19.9 Å². The van der Waals surface area contributed by atoms with Gasteiger partial charge >= 0.3 is 6.03 Å². The van der Waals surface area contributed by atoms with Crippen LogP contribution in [0.25, 0.3) is 0 Å². The molecule has 0 saturated heterocycles. The number of rotatable bonds is 4. The summed E-state index contributed by atoms with van der Waals surface area (Å²) in [7, 11) is 1.59. The van der Waals surface area contributed by atoms with Crippen LogP contribution in [0.15, 0.2) is 42.5 Å². The maximum atomic E-state index is 12.9. The molecule has 1 atom stereocenters. The molecule has 8 nitrogen and oxygen atoms in total. The van der Waals surface area contributed by atoms with E-state index in [0.717, 1.165) is 5.56 Å². The van der Waals surface area contributed by atoms with Crippen molar-refractivity contribution in [3.63, 3.8) is 0 Å². The van der Waals surface area contributed by atoms with Gasteiger partial charge in [-0.25, -0.2) is 10.3 Å². The van der Waals surface area contributed by atoms with Crippen molar-refractivity contribution in [1.29, 1.82) is 0 Å². The van der Waals surface area contributed by atoms with Crippen LogP contribution in [0.3, 0.4) is 0 Å². The van der Waals surface area contributed by atoms with Crippen molar-refractivity contribution < 1.29 is 24.3 Å². The van der Waals surface area contributed by atoms with Gasteiger partial charge < -0.3 is 19.7 Å². The van der Waals surface area contributed by atoms with Gasteiger partial charge in [0, 0.05) is 16.8 Å². The van der Waals surface area contributed by atoms with E-state index in [2.05, 4.69) is 5.32 Å². The molecular weight excluding hydrogens is 374 g/mol. The minimum atomic E-state index is -0.615. The van der Waals surface area contributed by atoms with E-state index in [1.165, 1.54) is 0 Å². The molecule has 0 radical (unpaired) electrons. The summed E-state index contributed by atoms with van der Waals surface area (Å²) in [5, 5.41) is 11.8. The Morgan fingerprint density at radius 3 is 2.55 bits per heavy atom. The summed E-state index contributed by atoms with van der Waals surface area (Å²) < 4.78 is 11.3. The minimum Gasteiger partial charge on any atom is -0.497 e. The van der Waals surface area contributed by atoms with E-state index in [-0.39, 0.29) is 23.6 Å². The molecule has 8 heteroatoms. The first kappa shape index (κ1) is 20.5. The molecule has 0 unspecified atom stereocenters. The van der Waals surface area contributed by atoms with Crippen LogP contribution in [0.2, 0.25) is 0 Å². The second kappa shape index (κ2) is 8.83. The summed E-state index contributed by atoms with van der Waals surface area (Å²) >= 11 is 0. The molecule has 0 fully saturated rings. The Balaban J connectivity index is 1.83. The number of hydrogen-bond acceptors (Lipinski definition) is 5. The highest BCUT2D eigenvalue weighted by atomic mass is 16.5. The van der Waals surface area contributed by atoms with Crippen LogP contribution < -0.4 is 20.3 Å². The lowest BCUT2D eigenvalue weighted by Gasteiger charge is -2.26. The van der Waals surface area contributed by atoms with Gasteiger partial charge in [-0.15, -0.1) is 0 Å². The van der Waals surface area contributed by atoms with Crippen molar-refractivity contribution >= 4 is 17.6 Å². The Hall–Kier alpha value is -3.26. The number of carbonyl (C=O) groups is 2. The first-order valence-electron chi connectivity index (χ1n) is 9.35. The molecule has 3 amide bonds. The van der Waals surface area contributed by atoms with Crippen LogP contribution in [0.4, 0.5) is 10.5 Å². The largest absolute Gasteiger partial charge is 0.497 e. The molecule has 3 N–H and O–H groups in total. The van der Waals surface area contributed by atoms with Gasteiger partial charge in [0.15, 0.2) is 0 Å². The molecule has 1 aliphatic heterocycles. The van der Waals surface area contributed by atoms with E-state index in [1.807, 2.05) is 13.8 Å². The maximum absolute atomic E-state index is 12.9. The number of carbonyl (C=O) groups excluding carboxylic acids is 2. The SMILES string of the molecule is COc1ccc(NC(=O)N2Cc3ccc(C(=O)NO)cc3O[C@H](C(C)C)C2)cc1. The molecule has 0 aliphatic carbocycles. The fraction of sp³-hybridized carbons (Fsp3) is 0.333. The highest BCUT2D eigenvalue weighted by Crippen LogP contribution is 2.29. The van der Waals surface area contributed by atoms with Crippen molar-refractivity contribution in [3.05, 3.63) is 53.6 Å². The monoisotopic (exact) mass is 399 g/mol. The molecule has 154 valence electrons. The molecule has 3 rings (SSSR count). The highest BCUT2D eigenvalue weighted by molar-refractivity contribution is 5.94. The number of fused-ring (bicyclic) bond motifs is 1. The van der Waals surface area contributed by atoms with Crippen LogP contribution in [0.1, 0.15) is 29.8 Å². The van der Waals surface area contributed by atoms with E-state index in [0.29, 0.717) is 30.3 Å². The number of benzene rings is 2. The third-order valence-electron chi connectivity index (χ3n) is 4.84. The molecule has 29 heavy (non-hydrogen) atoms. The summed E-state index contributed by atoms with van der Waals surface area (Å²) in [6, 6.07) is 11.8. The highest BCUT2D eigenvalue weighted by Gasteiger charge is 2.28. The van der Waals surface area contributed by atoms with Gasteiger partial charge in [0.1, 0.15) is 17.6 Å². The zero-order valence-corrected chi connectivity index (χ0v) is 16.6. The standard InChI is InChI=1S/C21H25N3O5/c1-13(2)19-12-24(21(26)22-16-6-8-17(28-3)9-7-16)11-15-5-4-14(20(25)23-27)10-18(15)29-19/h4-10,13,19,27H,11-12H2,1-3H3,(H,22,26)(H,23,25)/t19-/m0/s1. The number of nitrogens with one attached hydrogen (secondary N) is 2. The summed E-state index contributed by atoms with van der Waals surface area (Å²) in [5.74, 6) is 0.774. The lowest BCUT2D eigenvalue weighted by Crippen LogP contribution is -2.41. The maximum Gasteiger partial charge on any atom is 0.322 e. The lowest BCUT2D eigenvalue weighted by atomic mass is 10.1. The number of hydroxylamine groups is 1. The van der Waals surface area contributed by atoms with E-state index in [9.17, 15) is 9.59 Å². The average Bonchev–Trinajstić information content (AvgIpc) is 2.93. The van der Waals surface area contributed by atoms with E-state index in [4.69, 9.17) is 14.7 Å². The number of anilines is 1. The molecule has 0 spiro atoms. The zero-order chi connectivity index (χ0) is 21.0. The number of nitrogens with zero attached hydrogens (tertiary/aromatic N) is 1. The Bertz CT molecular complexity index is 882. The second-order valence-corrected chi connectivity index (χ2v) is 7.20. The Morgan fingerprint density at radius 1 is 1.21 bits per heavy atom. The van der Waals surface area contributed by atoms with E-state index < -0.39 is 5.91 Å². The van der Waals surface area contributed by atoms with E-state index in [1.54, 1.807) is 60.0 Å². The van der Waals surface area contributed by atoms with Gasteiger partial charge in [-0.2, -0.15) is 0 Å². The molecule has 0 bridgehead atoms. The number of amides is 3. The normalized spacial score (nSPS) is 15.8. The number of ether oxygens (including phenoxy) is 2.